The molecule has 0 unspecified atom stereocenters. The van der Waals surface area contributed by atoms with Crippen LogP contribution in [0.3, 0.4) is 0 Å². The number of likely N-dealkylation sites (tertiary alicyclic amines) is 1. The van der Waals surface area contributed by atoms with Crippen molar-refractivity contribution in [3.05, 3.63) is 29.3 Å². The molecule has 3 fully saturated rings. The van der Waals surface area contributed by atoms with E-state index in [1.165, 1.54) is 6.07 Å². The van der Waals surface area contributed by atoms with Gasteiger partial charge in [0.15, 0.2) is 0 Å². The smallest absolute Gasteiger partial charge is 0.382 e. The van der Waals surface area contributed by atoms with Gasteiger partial charge in [-0.15, -0.1) is 0 Å². The number of carbonyl (C=O) groups is 1. The van der Waals surface area contributed by atoms with Crippen molar-refractivity contribution in [2.75, 3.05) is 58.0 Å². The van der Waals surface area contributed by atoms with E-state index < -0.39 is 11.7 Å². The van der Waals surface area contributed by atoms with Crippen LogP contribution in [0.25, 0.3) is 0 Å². The van der Waals surface area contributed by atoms with Crippen molar-refractivity contribution in [1.29, 1.82) is 5.26 Å². The van der Waals surface area contributed by atoms with Gasteiger partial charge in [-0.1, -0.05) is 6.42 Å². The predicted octanol–water partition coefficient (Wildman–Crippen LogP) is 3.70. The molecule has 1 amide bonds. The Balaban J connectivity index is 1.57. The number of halogens is 3. The summed E-state index contributed by atoms with van der Waals surface area (Å²) in [6.45, 7) is 3.64. The van der Waals surface area contributed by atoms with Crippen LogP contribution in [0.4, 0.5) is 18.9 Å². The molecule has 0 bridgehead atoms. The van der Waals surface area contributed by atoms with Crippen LogP contribution in [0.15, 0.2) is 18.2 Å². The number of fused-ring (bicyclic) bond motifs is 1. The summed E-state index contributed by atoms with van der Waals surface area (Å²) in [5, 5.41) is 9.11. The molecule has 0 spiro atoms. The summed E-state index contributed by atoms with van der Waals surface area (Å²) in [4.78, 5) is 16.9. The average molecular weight is 466 g/mol. The van der Waals surface area contributed by atoms with Gasteiger partial charge in [0.1, 0.15) is 0 Å². The third-order valence-electron chi connectivity index (χ3n) is 7.45. The minimum atomic E-state index is -4.60. The Morgan fingerprint density at radius 3 is 2.67 bits per heavy atom. The highest BCUT2D eigenvalue weighted by Gasteiger charge is 2.51. The highest BCUT2D eigenvalue weighted by atomic mass is 19.4. The Hall–Kier alpha value is -2.31. The Kier molecular flexibility index (Phi) is 6.87. The highest BCUT2D eigenvalue weighted by molar-refractivity contribution is 5.79. The van der Waals surface area contributed by atoms with Crippen molar-refractivity contribution in [3.8, 4) is 6.07 Å². The third-order valence-corrected chi connectivity index (χ3v) is 7.45. The van der Waals surface area contributed by atoms with Crippen LogP contribution in [0.2, 0.25) is 0 Å². The number of benzene rings is 1. The highest BCUT2D eigenvalue weighted by Crippen LogP contribution is 2.46. The Bertz CT molecular complexity index is 912. The maximum Gasteiger partial charge on any atom is 0.417 e. The average Bonchev–Trinajstić information content (AvgIpc) is 3.13. The molecule has 1 aromatic carbocycles. The summed E-state index contributed by atoms with van der Waals surface area (Å²) in [5.74, 6) is 0.515. The first kappa shape index (κ1) is 23.8. The Morgan fingerprint density at radius 2 is 2.03 bits per heavy atom. The normalized spacial score (nSPS) is 25.5. The molecule has 1 aromatic rings. The van der Waals surface area contributed by atoms with E-state index in [1.54, 1.807) is 19.2 Å². The fourth-order valence-electron chi connectivity index (χ4n) is 5.37. The summed E-state index contributed by atoms with van der Waals surface area (Å²) in [6, 6.07) is 5.55. The van der Waals surface area contributed by atoms with Gasteiger partial charge in [0.05, 0.1) is 37.0 Å². The van der Waals surface area contributed by atoms with E-state index in [4.69, 9.17) is 14.7 Å². The zero-order valence-electron chi connectivity index (χ0n) is 18.9. The summed E-state index contributed by atoms with van der Waals surface area (Å²) in [5.41, 5.74) is -1.19. The number of amides is 1. The van der Waals surface area contributed by atoms with Crippen LogP contribution in [-0.4, -0.2) is 63.9 Å². The zero-order valence-corrected chi connectivity index (χ0v) is 18.9. The van der Waals surface area contributed by atoms with Crippen LogP contribution < -0.4 is 4.90 Å². The van der Waals surface area contributed by atoms with Crippen molar-refractivity contribution in [2.45, 2.75) is 31.9 Å². The second-order valence-electron chi connectivity index (χ2n) is 9.50. The van der Waals surface area contributed by atoms with Gasteiger partial charge in [0, 0.05) is 50.3 Å². The topological polar surface area (TPSA) is 65.8 Å². The van der Waals surface area contributed by atoms with Crippen LogP contribution >= 0.6 is 0 Å². The Labute approximate surface area is 192 Å². The van der Waals surface area contributed by atoms with Gasteiger partial charge in [-0.3, -0.25) is 4.79 Å². The first-order chi connectivity index (χ1) is 15.8. The number of nitrogens with zero attached hydrogens (tertiary/aromatic N) is 3. The molecule has 4 rings (SSSR count). The molecule has 6 nitrogen and oxygen atoms in total. The monoisotopic (exact) mass is 465 g/mol. The summed E-state index contributed by atoms with van der Waals surface area (Å²) < 4.78 is 51.6. The number of anilines is 1. The van der Waals surface area contributed by atoms with Gasteiger partial charge in [-0.25, -0.2) is 0 Å². The van der Waals surface area contributed by atoms with Crippen LogP contribution in [0.1, 0.15) is 36.8 Å². The molecule has 2 aliphatic heterocycles. The number of alkyl halides is 3. The SMILES string of the molecule is COCCOC[C@@]12CN(C(=O)C3CCC3)CC[C@@H]1CN(c1ccc(C#N)c(C(F)(F)F)c1)C2. The summed E-state index contributed by atoms with van der Waals surface area (Å²) in [6.07, 6.45) is -0.834. The van der Waals surface area contributed by atoms with Crippen molar-refractivity contribution in [3.63, 3.8) is 0 Å². The number of hydrogen-bond donors (Lipinski definition) is 0. The van der Waals surface area contributed by atoms with E-state index in [0.29, 0.717) is 51.7 Å². The Morgan fingerprint density at radius 1 is 1.24 bits per heavy atom. The number of methoxy groups -OCH3 is 1. The van der Waals surface area contributed by atoms with Gasteiger partial charge >= 0.3 is 6.18 Å². The first-order valence-corrected chi connectivity index (χ1v) is 11.5. The van der Waals surface area contributed by atoms with Crippen molar-refractivity contribution < 1.29 is 27.4 Å². The molecule has 2 atom stereocenters. The standard InChI is InChI=1S/C24H30F3N3O3/c1-32-9-10-33-16-23-14-29(22(31)17-3-2-4-17)8-7-19(23)13-30(15-23)20-6-5-18(12-28)21(11-20)24(25,26)27/h5-6,11,17,19H,2-4,7-10,13-16H2,1H3/t19-,23+/m1/s1. The number of nitriles is 1. The molecular formula is C24H30F3N3O3. The number of piperidine rings is 1. The molecule has 33 heavy (non-hydrogen) atoms. The molecule has 0 aromatic heterocycles. The third kappa shape index (κ3) is 4.82. The first-order valence-electron chi connectivity index (χ1n) is 11.5. The van der Waals surface area contributed by atoms with E-state index in [2.05, 4.69) is 0 Å². The molecule has 3 aliphatic rings. The molecule has 2 saturated heterocycles. The van der Waals surface area contributed by atoms with E-state index >= 15 is 0 Å². The fourth-order valence-corrected chi connectivity index (χ4v) is 5.37. The number of ether oxygens (including phenoxy) is 2. The van der Waals surface area contributed by atoms with Gasteiger partial charge in [0.2, 0.25) is 5.91 Å². The quantitative estimate of drug-likeness (QED) is 0.575. The summed E-state index contributed by atoms with van der Waals surface area (Å²) >= 11 is 0. The van der Waals surface area contributed by atoms with Crippen molar-refractivity contribution >= 4 is 11.6 Å². The van der Waals surface area contributed by atoms with E-state index in [-0.39, 0.29) is 28.7 Å². The molecule has 1 saturated carbocycles. The number of hydrogen-bond acceptors (Lipinski definition) is 5. The lowest BCUT2D eigenvalue weighted by molar-refractivity contribution is -0.144. The van der Waals surface area contributed by atoms with Gasteiger partial charge in [0.25, 0.3) is 0 Å². The van der Waals surface area contributed by atoms with E-state index in [0.717, 1.165) is 31.7 Å². The molecule has 9 heteroatoms. The predicted molar refractivity (Wildman–Crippen MR) is 116 cm³/mol. The van der Waals surface area contributed by atoms with Crippen molar-refractivity contribution in [2.24, 2.45) is 17.3 Å². The largest absolute Gasteiger partial charge is 0.417 e. The van der Waals surface area contributed by atoms with Gasteiger partial charge < -0.3 is 19.3 Å². The lowest BCUT2D eigenvalue weighted by Gasteiger charge is -2.45. The molecule has 180 valence electrons. The second kappa shape index (κ2) is 9.51. The minimum absolute atomic E-state index is 0.110. The fraction of sp³-hybridized carbons (Fsp3) is 0.667. The van der Waals surface area contributed by atoms with Crippen molar-refractivity contribution in [1.82, 2.24) is 4.90 Å². The zero-order chi connectivity index (χ0) is 23.6. The molecule has 1 aliphatic carbocycles. The van der Waals surface area contributed by atoms with E-state index in [9.17, 15) is 18.0 Å². The number of carbonyl (C=O) groups excluding carboxylic acids is 1. The summed E-state index contributed by atoms with van der Waals surface area (Å²) in [7, 11) is 1.60. The van der Waals surface area contributed by atoms with Gasteiger partial charge in [-0.05, 0) is 43.4 Å². The van der Waals surface area contributed by atoms with Gasteiger partial charge in [-0.2, -0.15) is 18.4 Å². The maximum atomic E-state index is 13.5. The second-order valence-corrected chi connectivity index (χ2v) is 9.50. The molecule has 0 N–H and O–H groups in total. The minimum Gasteiger partial charge on any atom is -0.382 e. The maximum absolute atomic E-state index is 13.5. The van der Waals surface area contributed by atoms with Crippen LogP contribution in [0.5, 0.6) is 0 Å². The number of rotatable bonds is 7. The lowest BCUT2D eigenvalue weighted by atomic mass is 9.73. The molecular weight excluding hydrogens is 435 g/mol. The van der Waals surface area contributed by atoms with Crippen LogP contribution in [0, 0.1) is 28.6 Å². The lowest BCUT2D eigenvalue weighted by Crippen LogP contribution is -2.54. The van der Waals surface area contributed by atoms with Crippen LogP contribution in [-0.2, 0) is 20.4 Å². The molecule has 2 heterocycles. The van der Waals surface area contributed by atoms with E-state index in [1.807, 2.05) is 9.80 Å². The molecule has 0 radical (unpaired) electrons.